The molecule has 2 aromatic rings. The molecule has 0 N–H and O–H groups in total. The molecule has 1 aromatic carbocycles. The van der Waals surface area contributed by atoms with E-state index in [2.05, 4.69) is 0 Å². The first-order valence-corrected chi connectivity index (χ1v) is 6.34. The first-order valence-electron chi connectivity index (χ1n) is 6.34. The summed E-state index contributed by atoms with van der Waals surface area (Å²) in [6.45, 7) is 6.84. The van der Waals surface area contributed by atoms with Gasteiger partial charge >= 0.3 is 5.76 Å². The molecule has 3 rings (SSSR count). The quantitative estimate of drug-likeness (QED) is 0.797. The molecule has 0 spiro atoms. The lowest BCUT2D eigenvalue weighted by molar-refractivity contribution is 0.492. The monoisotopic (exact) mass is 233 g/mol. The normalized spacial score (nSPS) is 14.5. The predicted molar refractivity (Wildman–Crippen MR) is 69.3 cm³/mol. The number of oxazole rings is 1. The number of fused-ring (bicyclic) bond motifs is 1. The average molecular weight is 233 g/mol. The van der Waals surface area contributed by atoms with E-state index >= 15 is 0 Å². The maximum atomic E-state index is 11.6. The van der Waals surface area contributed by atoms with E-state index in [-0.39, 0.29) is 5.76 Å². The molecule has 0 aliphatic heterocycles. The van der Waals surface area contributed by atoms with Crippen molar-refractivity contribution in [1.29, 1.82) is 0 Å². The summed E-state index contributed by atoms with van der Waals surface area (Å²) in [4.78, 5) is 11.6. The van der Waals surface area contributed by atoms with Crippen LogP contribution in [0.4, 0.5) is 0 Å². The fourth-order valence-corrected chi connectivity index (χ4v) is 1.90. The minimum absolute atomic E-state index is 0.220. The molecule has 1 fully saturated rings. The number of aryl methyl sites for hydroxylation is 1. The van der Waals surface area contributed by atoms with Crippen molar-refractivity contribution in [2.75, 3.05) is 0 Å². The minimum atomic E-state index is -0.220. The van der Waals surface area contributed by atoms with Crippen LogP contribution in [-0.4, -0.2) is 4.57 Å². The van der Waals surface area contributed by atoms with E-state index < -0.39 is 0 Å². The molecule has 1 heterocycles. The number of benzene rings is 1. The van der Waals surface area contributed by atoms with Crippen LogP contribution in [0.25, 0.3) is 11.1 Å². The maximum Gasteiger partial charge on any atom is 0.419 e. The van der Waals surface area contributed by atoms with Crippen molar-refractivity contribution >= 4 is 11.1 Å². The molecular weight excluding hydrogens is 214 g/mol. The Labute approximate surface area is 101 Å². The summed E-state index contributed by atoms with van der Waals surface area (Å²) in [5.74, 6) is 0.464. The Bertz CT molecular complexity index is 561. The van der Waals surface area contributed by atoms with Crippen LogP contribution in [-0.2, 0) is 6.54 Å². The second-order valence-corrected chi connectivity index (χ2v) is 4.39. The second-order valence-electron chi connectivity index (χ2n) is 4.39. The van der Waals surface area contributed by atoms with Gasteiger partial charge in [-0.15, -0.1) is 0 Å². The zero-order valence-electron chi connectivity index (χ0n) is 10.7. The molecule has 92 valence electrons. The topological polar surface area (TPSA) is 35.1 Å². The van der Waals surface area contributed by atoms with Gasteiger partial charge in [0.05, 0.1) is 5.52 Å². The summed E-state index contributed by atoms with van der Waals surface area (Å²) in [7, 11) is 0. The van der Waals surface area contributed by atoms with E-state index in [1.165, 1.54) is 12.8 Å². The standard InChI is InChI=1S/C12H13NO2.C2H6/c1-8-2-5-11-10(6-8)13(12(14)15-11)7-9-3-4-9;1-2/h2,5-6,9H,3-4,7H2,1H3;1-2H3. The summed E-state index contributed by atoms with van der Waals surface area (Å²) in [5.41, 5.74) is 2.80. The van der Waals surface area contributed by atoms with Crippen molar-refractivity contribution in [3.05, 3.63) is 34.3 Å². The third kappa shape index (κ3) is 2.43. The molecule has 0 saturated heterocycles. The lowest BCUT2D eigenvalue weighted by Gasteiger charge is -1.99. The van der Waals surface area contributed by atoms with E-state index in [1.807, 2.05) is 39.0 Å². The zero-order chi connectivity index (χ0) is 12.4. The smallest absolute Gasteiger partial charge is 0.408 e. The van der Waals surface area contributed by atoms with Crippen LogP contribution < -0.4 is 5.76 Å². The van der Waals surface area contributed by atoms with Crippen LogP contribution in [0.2, 0.25) is 0 Å². The van der Waals surface area contributed by atoms with E-state index in [9.17, 15) is 4.79 Å². The molecule has 0 amide bonds. The van der Waals surface area contributed by atoms with Gasteiger partial charge in [-0.2, -0.15) is 0 Å². The Hall–Kier alpha value is -1.51. The first kappa shape index (κ1) is 12.0. The van der Waals surface area contributed by atoms with Crippen molar-refractivity contribution in [3.63, 3.8) is 0 Å². The van der Waals surface area contributed by atoms with E-state index in [4.69, 9.17) is 4.42 Å². The zero-order valence-corrected chi connectivity index (χ0v) is 10.7. The SMILES string of the molecule is CC.Cc1ccc2oc(=O)n(CC3CC3)c2c1. The van der Waals surface area contributed by atoms with Crippen molar-refractivity contribution in [1.82, 2.24) is 4.57 Å². The molecule has 3 nitrogen and oxygen atoms in total. The van der Waals surface area contributed by atoms with E-state index in [0.717, 1.165) is 17.6 Å². The van der Waals surface area contributed by atoms with Gasteiger partial charge in [-0.1, -0.05) is 19.9 Å². The molecule has 0 atom stereocenters. The molecule has 3 heteroatoms. The number of aromatic nitrogens is 1. The number of rotatable bonds is 2. The number of nitrogens with zero attached hydrogens (tertiary/aromatic N) is 1. The molecule has 1 aromatic heterocycles. The number of hydrogen-bond donors (Lipinski definition) is 0. The molecule has 17 heavy (non-hydrogen) atoms. The highest BCUT2D eigenvalue weighted by molar-refractivity contribution is 5.73. The Morgan fingerprint density at radius 3 is 2.71 bits per heavy atom. The highest BCUT2D eigenvalue weighted by atomic mass is 16.4. The lowest BCUT2D eigenvalue weighted by atomic mass is 10.2. The molecule has 0 radical (unpaired) electrons. The Morgan fingerprint density at radius 1 is 1.35 bits per heavy atom. The Balaban J connectivity index is 0.000000514. The highest BCUT2D eigenvalue weighted by Crippen LogP contribution is 2.31. The lowest BCUT2D eigenvalue weighted by Crippen LogP contribution is -2.15. The summed E-state index contributed by atoms with van der Waals surface area (Å²) in [6.07, 6.45) is 2.48. The second kappa shape index (κ2) is 4.78. The highest BCUT2D eigenvalue weighted by Gasteiger charge is 2.24. The molecule has 1 saturated carbocycles. The van der Waals surface area contributed by atoms with Gasteiger partial charge in [0.25, 0.3) is 0 Å². The van der Waals surface area contributed by atoms with E-state index in [1.54, 1.807) is 4.57 Å². The van der Waals surface area contributed by atoms with Gasteiger partial charge in [0, 0.05) is 6.54 Å². The molecule has 1 aliphatic carbocycles. The van der Waals surface area contributed by atoms with Gasteiger partial charge in [-0.05, 0) is 43.4 Å². The Morgan fingerprint density at radius 2 is 2.06 bits per heavy atom. The summed E-state index contributed by atoms with van der Waals surface area (Å²) < 4.78 is 6.95. The van der Waals surface area contributed by atoms with Crippen molar-refractivity contribution in [2.45, 2.75) is 40.2 Å². The first-order chi connectivity index (χ1) is 8.24. The van der Waals surface area contributed by atoms with Gasteiger partial charge in [-0.3, -0.25) is 4.57 Å². The van der Waals surface area contributed by atoms with Crippen LogP contribution in [0.3, 0.4) is 0 Å². The van der Waals surface area contributed by atoms with Crippen molar-refractivity contribution < 1.29 is 4.42 Å². The third-order valence-corrected chi connectivity index (χ3v) is 2.96. The van der Waals surface area contributed by atoms with Crippen LogP contribution in [0.15, 0.2) is 27.4 Å². The summed E-state index contributed by atoms with van der Waals surface area (Å²) in [6, 6.07) is 5.85. The summed E-state index contributed by atoms with van der Waals surface area (Å²) in [5, 5.41) is 0. The Kier molecular flexibility index (Phi) is 3.36. The van der Waals surface area contributed by atoms with Crippen LogP contribution in [0.5, 0.6) is 0 Å². The van der Waals surface area contributed by atoms with Gasteiger partial charge in [0.2, 0.25) is 0 Å². The maximum absolute atomic E-state index is 11.6. The van der Waals surface area contributed by atoms with Crippen LogP contribution in [0.1, 0.15) is 32.3 Å². The van der Waals surface area contributed by atoms with Crippen molar-refractivity contribution in [2.24, 2.45) is 5.92 Å². The average Bonchev–Trinajstić information content (AvgIpc) is 3.10. The van der Waals surface area contributed by atoms with E-state index in [0.29, 0.717) is 11.5 Å². The fourth-order valence-electron chi connectivity index (χ4n) is 1.90. The summed E-state index contributed by atoms with van der Waals surface area (Å²) >= 11 is 0. The van der Waals surface area contributed by atoms with Crippen LogP contribution in [0, 0.1) is 12.8 Å². The van der Waals surface area contributed by atoms with Crippen LogP contribution >= 0.6 is 0 Å². The van der Waals surface area contributed by atoms with Gasteiger partial charge in [0.15, 0.2) is 5.58 Å². The molecule has 0 unspecified atom stereocenters. The number of hydrogen-bond acceptors (Lipinski definition) is 2. The largest absolute Gasteiger partial charge is 0.419 e. The fraction of sp³-hybridized carbons (Fsp3) is 0.500. The van der Waals surface area contributed by atoms with Gasteiger partial charge in [0.1, 0.15) is 0 Å². The van der Waals surface area contributed by atoms with Crippen molar-refractivity contribution in [3.8, 4) is 0 Å². The molecule has 0 bridgehead atoms. The molecular formula is C14H19NO2. The minimum Gasteiger partial charge on any atom is -0.408 e. The molecule has 1 aliphatic rings. The third-order valence-electron chi connectivity index (χ3n) is 2.96. The van der Waals surface area contributed by atoms with Gasteiger partial charge < -0.3 is 4.42 Å². The predicted octanol–water partition coefficient (Wildman–Crippen LogP) is 3.34. The van der Waals surface area contributed by atoms with Gasteiger partial charge in [-0.25, -0.2) is 4.79 Å².